The second kappa shape index (κ2) is 11.6. The van der Waals surface area contributed by atoms with Gasteiger partial charge in [-0.05, 0) is 118 Å². The van der Waals surface area contributed by atoms with Gasteiger partial charge in [0.25, 0.3) is 1.43 Å². The highest BCUT2D eigenvalue weighted by Crippen LogP contribution is 2.67. The summed E-state index contributed by atoms with van der Waals surface area (Å²) < 4.78 is 28.2. The van der Waals surface area contributed by atoms with Crippen LogP contribution in [0.5, 0.6) is 0 Å². The van der Waals surface area contributed by atoms with Crippen LogP contribution in [0.25, 0.3) is 1.43 Å². The SMILES string of the molecule is [3H][B]SO[C@H]1CC[C@@]2(C)C(=CC[C@@H]3[C@@H]2CC[C@]2(C)C([C@H](C)/C(=C/CC(C)C)OC4CCCCC4)=C(O[3H])C[C@@H]32)C1. The summed E-state index contributed by atoms with van der Waals surface area (Å²) >= 11 is 1.17. The van der Waals surface area contributed by atoms with Gasteiger partial charge < -0.3 is 14.0 Å². The summed E-state index contributed by atoms with van der Waals surface area (Å²) in [6.45, 7) is 11.9. The Hall–Kier alpha value is -0.805. The Balaban J connectivity index is 1.39. The first-order valence-corrected chi connectivity index (χ1v) is 16.5. The first-order chi connectivity index (χ1) is 19.2. The first kappa shape index (κ1) is 26.1. The van der Waals surface area contributed by atoms with Gasteiger partial charge in [0, 0.05) is 12.3 Å². The van der Waals surface area contributed by atoms with Crippen molar-refractivity contribution in [3.63, 3.8) is 0 Å². The van der Waals surface area contributed by atoms with E-state index in [0.29, 0.717) is 29.8 Å². The van der Waals surface area contributed by atoms with E-state index in [2.05, 4.69) is 46.8 Å². The van der Waals surface area contributed by atoms with Gasteiger partial charge in [-0.1, -0.05) is 64.6 Å². The number of fused-ring (bicyclic) bond motifs is 5. The summed E-state index contributed by atoms with van der Waals surface area (Å²) in [5.41, 5.74) is 3.24. The van der Waals surface area contributed by atoms with Crippen molar-refractivity contribution in [1.82, 2.24) is 0 Å². The molecule has 38 heavy (non-hydrogen) atoms. The van der Waals surface area contributed by atoms with E-state index < -0.39 is 0 Å². The van der Waals surface area contributed by atoms with Crippen molar-refractivity contribution >= 4 is 19.0 Å². The van der Waals surface area contributed by atoms with Gasteiger partial charge >= 0.3 is 0 Å². The Kier molecular flexibility index (Phi) is 7.97. The molecule has 0 aromatic rings. The minimum absolute atomic E-state index is 0.0480. The highest BCUT2D eigenvalue weighted by molar-refractivity contribution is 8.15. The van der Waals surface area contributed by atoms with Crippen molar-refractivity contribution in [3.8, 4) is 0 Å². The minimum Gasteiger partial charge on any atom is -0.512 e. The third-order valence-electron chi connectivity index (χ3n) is 11.5. The Morgan fingerprint density at radius 1 is 1.11 bits per heavy atom. The van der Waals surface area contributed by atoms with Crippen molar-refractivity contribution in [3.05, 3.63) is 34.8 Å². The van der Waals surface area contributed by atoms with E-state index >= 15 is 0 Å². The molecule has 5 rings (SSSR count). The van der Waals surface area contributed by atoms with Gasteiger partial charge in [-0.15, -0.1) is 0 Å². The van der Waals surface area contributed by atoms with E-state index in [0.717, 1.165) is 56.5 Å². The van der Waals surface area contributed by atoms with Gasteiger partial charge in [-0.3, -0.25) is 0 Å². The lowest BCUT2D eigenvalue weighted by Gasteiger charge is -2.58. The standard InChI is InChI=1S/C33H52BO3S/c1-21(2)11-14-30(36-24-9-7-6-8-10-24)22(3)31-29(35)20-28-26-13-12-23-19-25(37-38-34)15-17-32(23,4)27(26)16-18-33(28,31)5/h12,14,21-22,24-28,34-35H,6-11,13,15-20H2,1-5H3/b30-14-/t22-,25+,26-,27+,28+,32+,33+/m1/s1/i34T/hT. The summed E-state index contributed by atoms with van der Waals surface area (Å²) in [7, 11) is 1.29. The van der Waals surface area contributed by atoms with Crippen LogP contribution >= 0.6 is 11.9 Å². The molecule has 0 amide bonds. The predicted molar refractivity (Wildman–Crippen MR) is 161 cm³/mol. The summed E-state index contributed by atoms with van der Waals surface area (Å²) in [4.78, 5) is 0. The minimum atomic E-state index is 0.0480. The fourth-order valence-corrected chi connectivity index (χ4v) is 9.70. The molecular formula is C33H52BO3S. The Morgan fingerprint density at radius 3 is 2.63 bits per heavy atom. The van der Waals surface area contributed by atoms with Gasteiger partial charge in [-0.2, -0.15) is 0 Å². The molecule has 211 valence electrons. The molecule has 0 bridgehead atoms. The van der Waals surface area contributed by atoms with Gasteiger partial charge in [-0.25, -0.2) is 0 Å². The molecule has 0 heterocycles. The Labute approximate surface area is 241 Å². The van der Waals surface area contributed by atoms with Crippen molar-refractivity contribution in [2.45, 2.75) is 130 Å². The van der Waals surface area contributed by atoms with Gasteiger partial charge in [0.05, 0.1) is 23.7 Å². The molecule has 0 aromatic heterocycles. The van der Waals surface area contributed by atoms with E-state index in [1.165, 1.54) is 63.1 Å². The maximum Gasteiger partial charge on any atom is 0.293 e. The van der Waals surface area contributed by atoms with Gasteiger partial charge in [0.2, 0.25) is 7.09 Å². The summed E-state index contributed by atoms with van der Waals surface area (Å²) in [5.74, 6) is 4.61. The molecule has 5 aliphatic rings. The van der Waals surface area contributed by atoms with Crippen LogP contribution in [0.4, 0.5) is 0 Å². The quantitative estimate of drug-likeness (QED) is 0.129. The topological polar surface area (TPSA) is 38.7 Å². The molecule has 7 atom stereocenters. The predicted octanol–water partition coefficient (Wildman–Crippen LogP) is 9.14. The number of hydrogen-bond donors (Lipinski definition) is 1. The number of hydrogen-bond acceptors (Lipinski definition) is 4. The van der Waals surface area contributed by atoms with Gasteiger partial charge in [0.1, 0.15) is 0 Å². The fraction of sp³-hybridized carbons (Fsp3) is 0.818. The molecule has 0 aromatic carbocycles. The molecule has 3 saturated carbocycles. The number of rotatable bonds is 10. The lowest BCUT2D eigenvalue weighted by atomic mass is 9.47. The third-order valence-corrected chi connectivity index (χ3v) is 11.8. The molecule has 0 saturated heterocycles. The van der Waals surface area contributed by atoms with Crippen LogP contribution in [-0.4, -0.2) is 25.7 Å². The summed E-state index contributed by atoms with van der Waals surface area (Å²) in [6.07, 6.45) is 20.4. The second-order valence-electron chi connectivity index (χ2n) is 14.1. The van der Waals surface area contributed by atoms with Gasteiger partial charge in [0.15, 0.2) is 0 Å². The van der Waals surface area contributed by atoms with E-state index in [1.807, 2.05) is 0 Å². The van der Waals surface area contributed by atoms with Crippen molar-refractivity contribution in [2.75, 3.05) is 0 Å². The van der Waals surface area contributed by atoms with Crippen LogP contribution in [0.1, 0.15) is 118 Å². The molecular weight excluding hydrogens is 487 g/mol. The van der Waals surface area contributed by atoms with Crippen molar-refractivity contribution < 1.29 is 14.0 Å². The highest BCUT2D eigenvalue weighted by Gasteiger charge is 2.59. The number of ether oxygens (including phenoxy) is 1. The van der Waals surface area contributed by atoms with Crippen molar-refractivity contribution in [1.29, 1.82) is 2.77 Å². The summed E-state index contributed by atoms with van der Waals surface area (Å²) in [6, 6.07) is 0. The largest absolute Gasteiger partial charge is 0.512 e. The molecule has 1 radical (unpaired) electrons. The van der Waals surface area contributed by atoms with E-state index in [4.69, 9.17) is 16.8 Å². The van der Waals surface area contributed by atoms with E-state index in [-0.39, 0.29) is 22.9 Å². The zero-order valence-electron chi connectivity index (χ0n) is 26.6. The molecule has 0 unspecified atom stereocenters. The average Bonchev–Trinajstić information content (AvgIpc) is 3.26. The van der Waals surface area contributed by atoms with Crippen LogP contribution in [0.15, 0.2) is 34.8 Å². The van der Waals surface area contributed by atoms with Crippen LogP contribution in [0.3, 0.4) is 0 Å². The molecule has 1 N–H and O–H groups in total. The fourth-order valence-electron chi connectivity index (χ4n) is 9.38. The Morgan fingerprint density at radius 2 is 1.89 bits per heavy atom. The Bertz CT molecular complexity index is 992. The maximum absolute atomic E-state index is 8.16. The third kappa shape index (κ3) is 5.29. The lowest BCUT2D eigenvalue weighted by molar-refractivity contribution is -0.0293. The smallest absolute Gasteiger partial charge is 0.293 e. The van der Waals surface area contributed by atoms with E-state index in [9.17, 15) is 0 Å². The lowest BCUT2D eigenvalue weighted by Crippen LogP contribution is -2.50. The zero-order valence-corrected chi connectivity index (χ0v) is 25.4. The molecule has 5 heteroatoms. The van der Waals surface area contributed by atoms with Crippen molar-refractivity contribution in [2.24, 2.45) is 40.4 Å². The molecule has 0 spiro atoms. The van der Waals surface area contributed by atoms with Crippen LogP contribution in [-0.2, 0) is 8.92 Å². The first-order valence-electron chi connectivity index (χ1n) is 16.6. The highest BCUT2D eigenvalue weighted by atomic mass is 32.2. The number of aliphatic hydroxyl groups excluding tert-OH is 1. The molecule has 5 aliphatic carbocycles. The maximum atomic E-state index is 8.16. The number of allylic oxidation sites excluding steroid dienone is 4. The monoisotopic (exact) mass is 543 g/mol. The average molecular weight is 544 g/mol. The van der Waals surface area contributed by atoms with Crippen LogP contribution in [0.2, 0.25) is 0 Å². The molecule has 3 fully saturated rings. The molecule has 0 aliphatic heterocycles. The molecule has 3 nitrogen and oxygen atoms in total. The van der Waals surface area contributed by atoms with Crippen LogP contribution < -0.4 is 0 Å². The normalized spacial score (nSPS) is 39.4. The van der Waals surface area contributed by atoms with E-state index in [1.54, 1.807) is 5.57 Å². The second-order valence-corrected chi connectivity index (χ2v) is 14.5. The zero-order chi connectivity index (χ0) is 28.5. The summed E-state index contributed by atoms with van der Waals surface area (Å²) in [5, 5.41) is 5.53. The van der Waals surface area contributed by atoms with Crippen LogP contribution in [0, 0.1) is 40.4 Å². The number of aliphatic hydroxyl groups is 1.